The summed E-state index contributed by atoms with van der Waals surface area (Å²) in [6.07, 6.45) is 2.58. The monoisotopic (exact) mass is 303 g/mol. The summed E-state index contributed by atoms with van der Waals surface area (Å²) in [7, 11) is 2.09. The van der Waals surface area contributed by atoms with Crippen molar-refractivity contribution >= 4 is 22.8 Å². The van der Waals surface area contributed by atoms with Crippen molar-refractivity contribution in [3.63, 3.8) is 0 Å². The van der Waals surface area contributed by atoms with Crippen molar-refractivity contribution in [2.24, 2.45) is 11.8 Å². The van der Waals surface area contributed by atoms with Gasteiger partial charge in [-0.2, -0.15) is 0 Å². The number of rotatable bonds is 3. The molecule has 2 aromatic rings. The minimum atomic E-state index is 0.573. The first kappa shape index (κ1) is 14.9. The second-order valence-electron chi connectivity index (χ2n) is 6.59. The van der Waals surface area contributed by atoms with Gasteiger partial charge >= 0.3 is 0 Å². The van der Waals surface area contributed by atoms with Crippen LogP contribution in [-0.4, -0.2) is 28.3 Å². The topological polar surface area (TPSA) is 40.7 Å². The number of imidazole rings is 1. The quantitative estimate of drug-likeness (QED) is 0.901. The Bertz CT molecular complexity index is 622. The molecule has 0 spiro atoms. The molecule has 4 atom stereocenters. The van der Waals surface area contributed by atoms with Gasteiger partial charge < -0.3 is 10.3 Å². The number of nitrogens with zero attached hydrogens (tertiary/aromatic N) is 1. The maximum absolute atomic E-state index is 4.75. The van der Waals surface area contributed by atoms with Gasteiger partial charge in [0.1, 0.15) is 0 Å². The average Bonchev–Trinajstić information content (AvgIpc) is 2.83. The molecule has 1 aliphatic carbocycles. The van der Waals surface area contributed by atoms with E-state index in [1.807, 2.05) is 11.8 Å². The molecular formula is C17H25N3S. The summed E-state index contributed by atoms with van der Waals surface area (Å²) in [5, 5.41) is 5.16. The molecule has 1 aromatic carbocycles. The van der Waals surface area contributed by atoms with Gasteiger partial charge in [0, 0.05) is 11.3 Å². The largest absolute Gasteiger partial charge is 0.333 e. The molecule has 1 heterocycles. The SMILES string of the molecule is CNC1CC(C)CC(C)C1Sc1nc2ccc(C)cc2[nH]1. The minimum Gasteiger partial charge on any atom is -0.333 e. The van der Waals surface area contributed by atoms with Crippen LogP contribution in [0.5, 0.6) is 0 Å². The van der Waals surface area contributed by atoms with E-state index in [1.54, 1.807) is 0 Å². The van der Waals surface area contributed by atoms with Crippen molar-refractivity contribution in [2.75, 3.05) is 7.05 Å². The highest BCUT2D eigenvalue weighted by Crippen LogP contribution is 2.39. The van der Waals surface area contributed by atoms with Crippen LogP contribution in [-0.2, 0) is 0 Å². The number of fused-ring (bicyclic) bond motifs is 1. The van der Waals surface area contributed by atoms with Gasteiger partial charge in [-0.1, -0.05) is 31.7 Å². The van der Waals surface area contributed by atoms with E-state index >= 15 is 0 Å². The Morgan fingerprint density at radius 1 is 1.29 bits per heavy atom. The molecule has 1 saturated carbocycles. The number of hydrogen-bond donors (Lipinski definition) is 2. The van der Waals surface area contributed by atoms with Gasteiger partial charge in [0.15, 0.2) is 5.16 Å². The molecule has 3 nitrogen and oxygen atoms in total. The highest BCUT2D eigenvalue weighted by atomic mass is 32.2. The lowest BCUT2D eigenvalue weighted by atomic mass is 9.80. The van der Waals surface area contributed by atoms with Crippen LogP contribution < -0.4 is 5.32 Å². The van der Waals surface area contributed by atoms with Gasteiger partial charge in [0.2, 0.25) is 0 Å². The molecule has 114 valence electrons. The molecule has 4 unspecified atom stereocenters. The number of aromatic amines is 1. The van der Waals surface area contributed by atoms with E-state index in [4.69, 9.17) is 4.98 Å². The van der Waals surface area contributed by atoms with E-state index in [2.05, 4.69) is 56.3 Å². The zero-order valence-electron chi connectivity index (χ0n) is 13.3. The van der Waals surface area contributed by atoms with E-state index in [-0.39, 0.29) is 0 Å². The van der Waals surface area contributed by atoms with Crippen molar-refractivity contribution in [2.45, 2.75) is 50.1 Å². The summed E-state index contributed by atoms with van der Waals surface area (Å²) in [6, 6.07) is 6.98. The fraction of sp³-hybridized carbons (Fsp3) is 0.588. The van der Waals surface area contributed by atoms with E-state index in [0.717, 1.165) is 22.1 Å². The first-order chi connectivity index (χ1) is 10.1. The van der Waals surface area contributed by atoms with Gasteiger partial charge in [0.05, 0.1) is 11.0 Å². The fourth-order valence-corrected chi connectivity index (χ4v) is 4.93. The van der Waals surface area contributed by atoms with Gasteiger partial charge in [-0.05, 0) is 56.3 Å². The Labute approximate surface area is 131 Å². The Hall–Kier alpha value is -1.00. The summed E-state index contributed by atoms with van der Waals surface area (Å²) in [6.45, 7) is 6.87. The number of thioether (sulfide) groups is 1. The average molecular weight is 303 g/mol. The number of aromatic nitrogens is 2. The van der Waals surface area contributed by atoms with E-state index in [9.17, 15) is 0 Å². The van der Waals surface area contributed by atoms with E-state index in [1.165, 1.54) is 18.4 Å². The van der Waals surface area contributed by atoms with Crippen LogP contribution in [0.15, 0.2) is 23.4 Å². The maximum atomic E-state index is 4.75. The Morgan fingerprint density at radius 3 is 2.86 bits per heavy atom. The van der Waals surface area contributed by atoms with Crippen LogP contribution in [0.2, 0.25) is 0 Å². The molecule has 2 N–H and O–H groups in total. The molecule has 0 amide bonds. The number of benzene rings is 1. The molecule has 0 saturated heterocycles. The zero-order chi connectivity index (χ0) is 15.0. The first-order valence-corrected chi connectivity index (χ1v) is 8.75. The van der Waals surface area contributed by atoms with Gasteiger partial charge in [0.25, 0.3) is 0 Å². The normalized spacial score (nSPS) is 29.9. The van der Waals surface area contributed by atoms with Crippen molar-refractivity contribution < 1.29 is 0 Å². The van der Waals surface area contributed by atoms with Crippen molar-refractivity contribution in [1.29, 1.82) is 0 Å². The van der Waals surface area contributed by atoms with Crippen LogP contribution in [0.4, 0.5) is 0 Å². The molecule has 21 heavy (non-hydrogen) atoms. The Morgan fingerprint density at radius 2 is 2.10 bits per heavy atom. The van der Waals surface area contributed by atoms with Crippen LogP contribution in [0.25, 0.3) is 11.0 Å². The number of H-pyrrole nitrogens is 1. The predicted octanol–water partition coefficient (Wildman–Crippen LogP) is 3.99. The highest BCUT2D eigenvalue weighted by molar-refractivity contribution is 7.99. The van der Waals surface area contributed by atoms with Gasteiger partial charge in [-0.25, -0.2) is 4.98 Å². The van der Waals surface area contributed by atoms with Crippen molar-refractivity contribution in [1.82, 2.24) is 15.3 Å². The molecule has 0 aliphatic heterocycles. The molecular weight excluding hydrogens is 278 g/mol. The van der Waals surface area contributed by atoms with Crippen LogP contribution in [0, 0.1) is 18.8 Å². The van der Waals surface area contributed by atoms with Gasteiger partial charge in [-0.3, -0.25) is 0 Å². The van der Waals surface area contributed by atoms with Gasteiger partial charge in [-0.15, -0.1) is 0 Å². The van der Waals surface area contributed by atoms with Crippen LogP contribution in [0.1, 0.15) is 32.3 Å². The lowest BCUT2D eigenvalue weighted by Crippen LogP contribution is -2.44. The summed E-state index contributed by atoms with van der Waals surface area (Å²) in [4.78, 5) is 8.23. The Kier molecular flexibility index (Phi) is 4.27. The summed E-state index contributed by atoms with van der Waals surface area (Å²) in [5.41, 5.74) is 3.49. The van der Waals surface area contributed by atoms with E-state index < -0.39 is 0 Å². The number of aryl methyl sites for hydroxylation is 1. The lowest BCUT2D eigenvalue weighted by molar-refractivity contribution is 0.257. The number of hydrogen-bond acceptors (Lipinski definition) is 3. The standard InChI is InChI=1S/C17H25N3S/c1-10-5-6-13-14(8-10)20-17(19-13)21-16-12(3)7-11(2)9-15(16)18-4/h5-6,8,11-12,15-16,18H,7,9H2,1-4H3,(H,19,20). The molecule has 4 heteroatoms. The third kappa shape index (κ3) is 3.11. The molecule has 3 rings (SSSR count). The zero-order valence-corrected chi connectivity index (χ0v) is 14.1. The first-order valence-electron chi connectivity index (χ1n) is 7.87. The third-order valence-electron chi connectivity index (χ3n) is 4.62. The summed E-state index contributed by atoms with van der Waals surface area (Å²) >= 11 is 1.91. The predicted molar refractivity (Wildman–Crippen MR) is 90.9 cm³/mol. The highest BCUT2D eigenvalue weighted by Gasteiger charge is 2.34. The molecule has 1 aliphatic rings. The molecule has 0 radical (unpaired) electrons. The lowest BCUT2D eigenvalue weighted by Gasteiger charge is -2.38. The molecule has 0 bridgehead atoms. The summed E-state index contributed by atoms with van der Waals surface area (Å²) in [5.74, 6) is 1.53. The van der Waals surface area contributed by atoms with E-state index in [0.29, 0.717) is 17.2 Å². The summed E-state index contributed by atoms with van der Waals surface area (Å²) < 4.78 is 0. The third-order valence-corrected chi connectivity index (χ3v) is 6.10. The maximum Gasteiger partial charge on any atom is 0.166 e. The number of nitrogens with one attached hydrogen (secondary N) is 2. The Balaban J connectivity index is 1.82. The second kappa shape index (κ2) is 6.01. The van der Waals surface area contributed by atoms with Crippen LogP contribution >= 0.6 is 11.8 Å². The smallest absolute Gasteiger partial charge is 0.166 e. The van der Waals surface area contributed by atoms with Crippen molar-refractivity contribution in [3.05, 3.63) is 23.8 Å². The fourth-order valence-electron chi connectivity index (χ4n) is 3.59. The molecule has 1 fully saturated rings. The van der Waals surface area contributed by atoms with Crippen molar-refractivity contribution in [3.8, 4) is 0 Å². The minimum absolute atomic E-state index is 0.573. The second-order valence-corrected chi connectivity index (χ2v) is 7.76. The van der Waals surface area contributed by atoms with Crippen LogP contribution in [0.3, 0.4) is 0 Å². The molecule has 1 aromatic heterocycles.